The van der Waals surface area contributed by atoms with Crippen LogP contribution in [0.2, 0.25) is 0 Å². The molecule has 1 heterocycles. The fourth-order valence-corrected chi connectivity index (χ4v) is 9.36. The summed E-state index contributed by atoms with van der Waals surface area (Å²) in [5, 5.41) is 23.0. The van der Waals surface area contributed by atoms with Crippen molar-refractivity contribution in [2.24, 2.45) is 5.92 Å². The van der Waals surface area contributed by atoms with Crippen LogP contribution in [0.1, 0.15) is 40.5 Å². The Kier molecular flexibility index (Phi) is 11.5. The third-order valence-corrected chi connectivity index (χ3v) is 11.1. The zero-order valence-corrected chi connectivity index (χ0v) is 26.0. The summed E-state index contributed by atoms with van der Waals surface area (Å²) in [5.41, 5.74) is 0. The maximum atomic E-state index is 12.5. The molecule has 8 heteroatoms. The lowest BCUT2D eigenvalue weighted by Gasteiger charge is -2.40. The van der Waals surface area contributed by atoms with Gasteiger partial charge in [-0.25, -0.2) is 0 Å². The average molecular weight is 601 g/mol. The van der Waals surface area contributed by atoms with E-state index < -0.39 is 33.8 Å². The predicted octanol–water partition coefficient (Wildman–Crippen LogP) is 7.67. The number of benzene rings is 3. The van der Waals surface area contributed by atoms with Gasteiger partial charge in [-0.2, -0.15) is 0 Å². The van der Waals surface area contributed by atoms with Gasteiger partial charge in [-0.3, -0.25) is 0 Å². The number of aliphatic hydroxyl groups excluding tert-OH is 1. The summed E-state index contributed by atoms with van der Waals surface area (Å²) in [4.78, 5) is 3.10. The fourth-order valence-electron chi connectivity index (χ4n) is 4.50. The van der Waals surface area contributed by atoms with E-state index in [9.17, 15) is 10.2 Å². The van der Waals surface area contributed by atoms with Crippen molar-refractivity contribution in [2.45, 2.75) is 89.0 Å². The van der Waals surface area contributed by atoms with Gasteiger partial charge in [0, 0.05) is 27.2 Å². The van der Waals surface area contributed by atoms with Crippen molar-refractivity contribution in [1.82, 2.24) is 0 Å². The molecule has 0 saturated carbocycles. The first-order valence-corrected chi connectivity index (χ1v) is 16.2. The Hall–Kier alpha value is -1.49. The Morgan fingerprint density at radius 3 is 1.68 bits per heavy atom. The molecule has 40 heavy (non-hydrogen) atoms. The van der Waals surface area contributed by atoms with Crippen LogP contribution in [-0.4, -0.2) is 50.6 Å². The lowest BCUT2D eigenvalue weighted by molar-refractivity contribution is -0.281. The summed E-state index contributed by atoms with van der Waals surface area (Å²) < 4.78 is 17.9. The fraction of sp³-hybridized carbons (Fsp3) is 0.438. The highest BCUT2D eigenvalue weighted by molar-refractivity contribution is 8.33. The first kappa shape index (κ1) is 31.4. The lowest BCUT2D eigenvalue weighted by atomic mass is 9.99. The molecule has 0 aromatic heterocycles. The minimum absolute atomic E-state index is 0.203. The van der Waals surface area contributed by atoms with Crippen molar-refractivity contribution in [3.8, 4) is 0 Å². The highest BCUT2D eigenvalue weighted by atomic mass is 32.3. The smallest absolute Gasteiger partial charge is 0.166 e. The van der Waals surface area contributed by atoms with Crippen LogP contribution >= 0.6 is 35.3 Å². The second kappa shape index (κ2) is 14.6. The molecular weight excluding hydrogens is 561 g/mol. The summed E-state index contributed by atoms with van der Waals surface area (Å²) in [6, 6.07) is 30.5. The lowest BCUT2D eigenvalue weighted by Crippen LogP contribution is -2.48. The van der Waals surface area contributed by atoms with Gasteiger partial charge in [0.2, 0.25) is 0 Å². The molecule has 4 rings (SSSR count). The maximum Gasteiger partial charge on any atom is 0.166 e. The molecule has 5 atom stereocenters. The van der Waals surface area contributed by atoms with Crippen molar-refractivity contribution in [3.63, 3.8) is 0 Å². The van der Waals surface area contributed by atoms with Crippen molar-refractivity contribution < 1.29 is 24.4 Å². The number of hydrogen-bond acceptors (Lipinski definition) is 8. The largest absolute Gasteiger partial charge is 0.387 e. The topological polar surface area (TPSA) is 68.2 Å². The van der Waals surface area contributed by atoms with Gasteiger partial charge >= 0.3 is 0 Å². The van der Waals surface area contributed by atoms with Crippen LogP contribution in [0, 0.1) is 5.92 Å². The van der Waals surface area contributed by atoms with Gasteiger partial charge in [0.25, 0.3) is 0 Å². The van der Waals surface area contributed by atoms with E-state index in [1.807, 2.05) is 61.5 Å². The molecular formula is C32H40O5S3. The molecule has 2 N–H and O–H groups in total. The normalized spacial score (nSPS) is 22.4. The van der Waals surface area contributed by atoms with E-state index in [0.717, 1.165) is 27.5 Å². The van der Waals surface area contributed by atoms with Gasteiger partial charge in [0.05, 0.1) is 6.10 Å². The number of rotatable bonds is 14. The predicted molar refractivity (Wildman–Crippen MR) is 165 cm³/mol. The number of aliphatic hydroxyl groups is 2. The first-order chi connectivity index (χ1) is 19.2. The number of ether oxygens (including phenoxy) is 3. The molecule has 1 aliphatic heterocycles. The van der Waals surface area contributed by atoms with Gasteiger partial charge < -0.3 is 24.4 Å². The number of thioether (sulfide) groups is 3. The highest BCUT2D eigenvalue weighted by Crippen LogP contribution is 2.59. The Labute approximate surface area is 251 Å². The van der Waals surface area contributed by atoms with E-state index in [4.69, 9.17) is 14.2 Å². The maximum absolute atomic E-state index is 12.5. The Balaban J connectivity index is 1.78. The zero-order valence-electron chi connectivity index (χ0n) is 23.5. The molecule has 1 aliphatic rings. The van der Waals surface area contributed by atoms with E-state index in [1.54, 1.807) is 49.1 Å². The third-order valence-electron chi connectivity index (χ3n) is 6.46. The van der Waals surface area contributed by atoms with Crippen molar-refractivity contribution in [3.05, 3.63) is 91.0 Å². The first-order valence-electron chi connectivity index (χ1n) is 13.8. The van der Waals surface area contributed by atoms with Gasteiger partial charge in [-0.15, -0.1) is 0 Å². The summed E-state index contributed by atoms with van der Waals surface area (Å²) >= 11 is 4.85. The van der Waals surface area contributed by atoms with E-state index in [0.29, 0.717) is 6.61 Å². The van der Waals surface area contributed by atoms with E-state index in [1.165, 1.54) is 0 Å². The van der Waals surface area contributed by atoms with Crippen LogP contribution in [0.15, 0.2) is 106 Å². The molecule has 5 nitrogen and oxygen atoms in total. The minimum atomic E-state index is -1.39. The standard InChI is InChI=1S/C32H40O5S3/c1-5-6-22-35-27-23(2)30(37-31(3,4)34)36-28(27)29(33)32(38-24-16-10-7-11-17-24,39-25-18-12-8-13-19-25)40-26-20-14-9-15-21-26/h7-21,23,27-30,33-34H,5-6,22H2,1-4H3/t23-,27?,28-,29+,30+/m0/s1. The molecule has 0 bridgehead atoms. The van der Waals surface area contributed by atoms with Crippen LogP contribution in [0.25, 0.3) is 0 Å². The summed E-state index contributed by atoms with van der Waals surface area (Å²) in [6.45, 7) is 7.86. The molecule has 216 valence electrons. The van der Waals surface area contributed by atoms with Gasteiger partial charge in [-0.1, -0.05) is 110 Å². The van der Waals surface area contributed by atoms with Gasteiger partial charge in [0.15, 0.2) is 12.1 Å². The second-order valence-corrected chi connectivity index (χ2v) is 15.1. The van der Waals surface area contributed by atoms with Crippen LogP contribution in [0.5, 0.6) is 0 Å². The molecule has 3 aromatic rings. The highest BCUT2D eigenvalue weighted by Gasteiger charge is 2.55. The molecule has 1 fully saturated rings. The summed E-state index contributed by atoms with van der Waals surface area (Å²) in [5.74, 6) is -1.59. The van der Waals surface area contributed by atoms with E-state index in [2.05, 4.69) is 43.3 Å². The molecule has 0 spiro atoms. The molecule has 3 aromatic carbocycles. The Morgan fingerprint density at radius 2 is 1.27 bits per heavy atom. The minimum Gasteiger partial charge on any atom is -0.387 e. The van der Waals surface area contributed by atoms with Crippen molar-refractivity contribution in [1.29, 1.82) is 0 Å². The number of unbranched alkanes of at least 4 members (excludes halogenated alkanes) is 1. The SMILES string of the molecule is CCCCOC1[C@H](C)[C@@H](OC(C)(C)O)O[C@@H]1[C@@H](O)C(Sc1ccccc1)(Sc1ccccc1)Sc1ccccc1. The second-order valence-electron chi connectivity index (χ2n) is 10.4. The molecule has 0 aliphatic carbocycles. The van der Waals surface area contributed by atoms with Gasteiger partial charge in [0.1, 0.15) is 15.6 Å². The molecule has 1 saturated heterocycles. The van der Waals surface area contributed by atoms with Crippen molar-refractivity contribution in [2.75, 3.05) is 6.61 Å². The van der Waals surface area contributed by atoms with E-state index >= 15 is 0 Å². The zero-order chi connectivity index (χ0) is 28.6. The third kappa shape index (κ3) is 8.52. The average Bonchev–Trinajstić information content (AvgIpc) is 3.23. The Morgan fingerprint density at radius 1 is 0.825 bits per heavy atom. The Bertz CT molecular complexity index is 1040. The van der Waals surface area contributed by atoms with Crippen LogP contribution in [-0.2, 0) is 14.2 Å². The van der Waals surface area contributed by atoms with Crippen molar-refractivity contribution >= 4 is 35.3 Å². The summed E-state index contributed by atoms with van der Waals surface area (Å²) in [6.07, 6.45) is -0.919. The van der Waals surface area contributed by atoms with Crippen LogP contribution in [0.3, 0.4) is 0 Å². The van der Waals surface area contributed by atoms with Crippen LogP contribution in [0.4, 0.5) is 0 Å². The molecule has 1 unspecified atom stereocenters. The van der Waals surface area contributed by atoms with E-state index in [-0.39, 0.29) is 5.92 Å². The van der Waals surface area contributed by atoms with Gasteiger partial charge in [-0.05, 0) is 56.7 Å². The monoisotopic (exact) mass is 600 g/mol. The molecule has 0 radical (unpaired) electrons. The molecule has 0 amide bonds. The van der Waals surface area contributed by atoms with Crippen LogP contribution < -0.4 is 0 Å². The quantitative estimate of drug-likeness (QED) is 0.111. The number of hydrogen-bond donors (Lipinski definition) is 2. The summed E-state index contributed by atoms with van der Waals surface area (Å²) in [7, 11) is 0.